The van der Waals surface area contributed by atoms with E-state index in [-0.39, 0.29) is 30.9 Å². The smallest absolute Gasteiger partial charge is 0.303 e. The van der Waals surface area contributed by atoms with Crippen LogP contribution in [0.3, 0.4) is 0 Å². The van der Waals surface area contributed by atoms with Crippen LogP contribution in [0.4, 0.5) is 11.4 Å². The number of benzene rings is 1. The number of hydrogen-bond donors (Lipinski definition) is 5. The van der Waals surface area contributed by atoms with Gasteiger partial charge in [0.1, 0.15) is 0 Å². The Morgan fingerprint density at radius 1 is 1.21 bits per heavy atom. The fraction of sp³-hybridized carbons (Fsp3) is 0.176. The minimum Gasteiger partial charge on any atom is -0.481 e. The molecule has 0 saturated carbocycles. The molecular weight excluding hydrogens is 406 g/mol. The number of guanidine groups is 1. The summed E-state index contributed by atoms with van der Waals surface area (Å²) in [6.45, 7) is -0.281. The number of amides is 2. The van der Waals surface area contributed by atoms with E-state index >= 15 is 0 Å². The monoisotopic (exact) mass is 423 g/mol. The van der Waals surface area contributed by atoms with Gasteiger partial charge in [0, 0.05) is 10.4 Å². The van der Waals surface area contributed by atoms with E-state index in [0.29, 0.717) is 20.6 Å². The molecule has 0 fully saturated rings. The minimum atomic E-state index is -0.947. The molecule has 0 aliphatic heterocycles. The highest BCUT2D eigenvalue weighted by atomic mass is 35.5. The van der Waals surface area contributed by atoms with Gasteiger partial charge in [0.25, 0.3) is 5.91 Å². The number of aliphatic carboxylic acids is 1. The Bertz CT molecular complexity index is 924. The van der Waals surface area contributed by atoms with Crippen LogP contribution in [0.5, 0.6) is 0 Å². The maximum Gasteiger partial charge on any atom is 0.303 e. The number of nitrogens with one attached hydrogen (secondary N) is 2. The van der Waals surface area contributed by atoms with Gasteiger partial charge in [0.05, 0.1) is 28.7 Å². The number of nitrogens with two attached hydrogens (primary N) is 2. The third-order valence-electron chi connectivity index (χ3n) is 3.39. The van der Waals surface area contributed by atoms with E-state index in [4.69, 9.17) is 28.2 Å². The molecule has 1 aromatic carbocycles. The van der Waals surface area contributed by atoms with Crippen LogP contribution < -0.4 is 22.1 Å². The molecule has 2 aromatic rings. The van der Waals surface area contributed by atoms with E-state index in [9.17, 15) is 14.4 Å². The van der Waals surface area contributed by atoms with E-state index in [1.165, 1.54) is 17.4 Å². The second-order valence-corrected chi connectivity index (χ2v) is 7.37. The summed E-state index contributed by atoms with van der Waals surface area (Å²) in [6.07, 6.45) is 0.162. The van der Waals surface area contributed by atoms with Crippen molar-refractivity contribution >= 4 is 58.1 Å². The number of nitrogens with zero attached hydrogens (tertiary/aromatic N) is 1. The van der Waals surface area contributed by atoms with Crippen LogP contribution >= 0.6 is 22.9 Å². The van der Waals surface area contributed by atoms with Gasteiger partial charge in [-0.2, -0.15) is 0 Å². The number of aliphatic imine (C=N–C) groups is 1. The lowest BCUT2D eigenvalue weighted by Gasteiger charge is -2.08. The summed E-state index contributed by atoms with van der Waals surface area (Å²) >= 11 is 7.14. The number of carboxylic acids is 1. The quantitative estimate of drug-likeness (QED) is 0.320. The maximum atomic E-state index is 12.2. The predicted octanol–water partition coefficient (Wildman–Crippen LogP) is 1.69. The van der Waals surface area contributed by atoms with Crippen molar-refractivity contribution in [1.82, 2.24) is 5.32 Å². The zero-order valence-electron chi connectivity index (χ0n) is 14.6. The van der Waals surface area contributed by atoms with Crippen molar-refractivity contribution in [3.05, 3.63) is 45.1 Å². The van der Waals surface area contributed by atoms with E-state index in [0.717, 1.165) is 0 Å². The second-order valence-electron chi connectivity index (χ2n) is 5.60. The molecule has 0 bridgehead atoms. The number of anilines is 1. The molecular formula is C17H18ClN5O4S. The Balaban J connectivity index is 1.95. The molecule has 0 aliphatic rings. The van der Waals surface area contributed by atoms with Crippen molar-refractivity contribution in [2.75, 3.05) is 11.9 Å². The summed E-state index contributed by atoms with van der Waals surface area (Å²) in [5, 5.41) is 13.9. The van der Waals surface area contributed by atoms with Crippen molar-refractivity contribution in [1.29, 1.82) is 0 Å². The van der Waals surface area contributed by atoms with Crippen LogP contribution in [-0.4, -0.2) is 35.4 Å². The van der Waals surface area contributed by atoms with E-state index < -0.39 is 17.8 Å². The molecule has 1 heterocycles. The van der Waals surface area contributed by atoms with E-state index in [1.807, 2.05) is 0 Å². The normalized spacial score (nSPS) is 10.2. The lowest BCUT2D eigenvalue weighted by Crippen LogP contribution is -2.32. The first-order valence-corrected chi connectivity index (χ1v) is 9.22. The average Bonchev–Trinajstić information content (AvgIpc) is 2.96. The summed E-state index contributed by atoms with van der Waals surface area (Å²) < 4.78 is 0.427. The largest absolute Gasteiger partial charge is 0.481 e. The number of carbonyl (C=O) groups excluding carboxylic acids is 2. The van der Waals surface area contributed by atoms with Crippen LogP contribution in [0.1, 0.15) is 21.7 Å². The van der Waals surface area contributed by atoms with Gasteiger partial charge in [0.15, 0.2) is 5.96 Å². The summed E-state index contributed by atoms with van der Waals surface area (Å²) in [5.74, 6) is -2.03. The SMILES string of the molecule is NC(N)=Nc1cccc(C(=O)NCC(=O)Nc2cc(Cl)sc2CCC(=O)O)c1. The molecule has 2 amide bonds. The van der Waals surface area contributed by atoms with Crippen molar-refractivity contribution in [2.24, 2.45) is 16.5 Å². The van der Waals surface area contributed by atoms with Gasteiger partial charge in [-0.3, -0.25) is 14.4 Å². The number of hydrogen-bond acceptors (Lipinski definition) is 5. The van der Waals surface area contributed by atoms with Gasteiger partial charge in [-0.15, -0.1) is 11.3 Å². The lowest BCUT2D eigenvalue weighted by molar-refractivity contribution is -0.136. The van der Waals surface area contributed by atoms with Gasteiger partial charge < -0.3 is 27.2 Å². The molecule has 2 rings (SSSR count). The van der Waals surface area contributed by atoms with Crippen LogP contribution in [0.2, 0.25) is 4.34 Å². The molecule has 0 unspecified atom stereocenters. The third-order valence-corrected chi connectivity index (χ3v) is 4.72. The van der Waals surface area contributed by atoms with Crippen molar-refractivity contribution in [3.8, 4) is 0 Å². The molecule has 0 radical (unpaired) electrons. The highest BCUT2D eigenvalue weighted by Crippen LogP contribution is 2.32. The van der Waals surface area contributed by atoms with Gasteiger partial charge >= 0.3 is 5.97 Å². The zero-order chi connectivity index (χ0) is 20.7. The molecule has 1 aromatic heterocycles. The highest BCUT2D eigenvalue weighted by Gasteiger charge is 2.14. The minimum absolute atomic E-state index is 0.0808. The summed E-state index contributed by atoms with van der Waals surface area (Å²) in [5.41, 5.74) is 11.7. The Labute approximate surface area is 169 Å². The molecule has 7 N–H and O–H groups in total. The molecule has 148 valence electrons. The van der Waals surface area contributed by atoms with Crippen LogP contribution in [0.15, 0.2) is 35.3 Å². The first kappa shape index (κ1) is 21.2. The van der Waals surface area contributed by atoms with E-state index in [2.05, 4.69) is 15.6 Å². The standard InChI is InChI=1S/C17H18ClN5O4S/c18-13-7-11(12(28-13)4-5-15(25)26)23-14(24)8-21-16(27)9-2-1-3-10(6-9)22-17(19)20/h1-3,6-7H,4-5,8H2,(H,21,27)(H,23,24)(H,25,26)(H4,19,20,22). The van der Waals surface area contributed by atoms with Crippen molar-refractivity contribution in [3.63, 3.8) is 0 Å². The fourth-order valence-corrected chi connectivity index (χ4v) is 3.46. The molecule has 0 aliphatic carbocycles. The highest BCUT2D eigenvalue weighted by molar-refractivity contribution is 7.16. The molecule has 0 atom stereocenters. The lowest BCUT2D eigenvalue weighted by atomic mass is 10.2. The van der Waals surface area contributed by atoms with Gasteiger partial charge in [0.2, 0.25) is 5.91 Å². The second kappa shape index (κ2) is 9.72. The van der Waals surface area contributed by atoms with Crippen LogP contribution in [0.25, 0.3) is 0 Å². The summed E-state index contributed by atoms with van der Waals surface area (Å²) in [4.78, 5) is 39.6. The average molecular weight is 424 g/mol. The first-order chi connectivity index (χ1) is 13.2. The Morgan fingerprint density at radius 2 is 1.96 bits per heavy atom. The molecule has 11 heteroatoms. The number of carboxylic acid groups (broad SMARTS) is 1. The number of halogens is 1. The molecule has 9 nitrogen and oxygen atoms in total. The van der Waals surface area contributed by atoms with Gasteiger partial charge in [-0.1, -0.05) is 17.7 Å². The fourth-order valence-electron chi connectivity index (χ4n) is 2.23. The Morgan fingerprint density at radius 3 is 2.64 bits per heavy atom. The van der Waals surface area contributed by atoms with Crippen molar-refractivity contribution < 1.29 is 19.5 Å². The topological polar surface area (TPSA) is 160 Å². The number of rotatable bonds is 8. The maximum absolute atomic E-state index is 12.2. The van der Waals surface area contributed by atoms with Gasteiger partial charge in [-0.05, 0) is 30.7 Å². The Hall–Kier alpha value is -3.11. The van der Waals surface area contributed by atoms with E-state index in [1.54, 1.807) is 24.3 Å². The molecule has 0 saturated heterocycles. The summed E-state index contributed by atoms with van der Waals surface area (Å²) in [6, 6.07) is 7.82. The number of aryl methyl sites for hydroxylation is 1. The molecule has 28 heavy (non-hydrogen) atoms. The summed E-state index contributed by atoms with van der Waals surface area (Å²) in [7, 11) is 0. The number of carbonyl (C=O) groups is 3. The third kappa shape index (κ3) is 6.56. The Kier molecular flexibility index (Phi) is 7.36. The number of thiophene rings is 1. The predicted molar refractivity (Wildman–Crippen MR) is 108 cm³/mol. The van der Waals surface area contributed by atoms with Crippen molar-refractivity contribution in [2.45, 2.75) is 12.8 Å². The van der Waals surface area contributed by atoms with Crippen LogP contribution in [-0.2, 0) is 16.0 Å². The van der Waals surface area contributed by atoms with Crippen LogP contribution in [0, 0.1) is 0 Å². The van der Waals surface area contributed by atoms with Gasteiger partial charge in [-0.25, -0.2) is 4.99 Å². The molecule has 0 spiro atoms. The zero-order valence-corrected chi connectivity index (χ0v) is 16.1. The first-order valence-electron chi connectivity index (χ1n) is 8.02.